The first-order valence-electron chi connectivity index (χ1n) is 6.86. The summed E-state index contributed by atoms with van der Waals surface area (Å²) in [4.78, 5) is 21.9. The van der Waals surface area contributed by atoms with Crippen LogP contribution in [0.3, 0.4) is 0 Å². The molecule has 0 fully saturated rings. The van der Waals surface area contributed by atoms with E-state index < -0.39 is 48.4 Å². The number of carbonyl (C=O) groups is 2. The molecule has 14 heavy (non-hydrogen) atoms. The highest BCUT2D eigenvalue weighted by atomic mass is 32.2. The first-order valence-corrected chi connectivity index (χ1v) is 4.85. The number of aliphatic carboxylic acids is 1. The van der Waals surface area contributed by atoms with Crippen LogP contribution in [0.4, 0.5) is 0 Å². The van der Waals surface area contributed by atoms with Gasteiger partial charge in [-0.2, -0.15) is 11.8 Å². The van der Waals surface area contributed by atoms with E-state index in [0.29, 0.717) is 11.8 Å². The Morgan fingerprint density at radius 2 is 2.21 bits per heavy atom. The molecule has 0 rings (SSSR count). The lowest BCUT2D eigenvalue weighted by atomic mass is 10.1. The molecule has 0 unspecified atom stereocenters. The Morgan fingerprint density at radius 3 is 2.57 bits per heavy atom. The predicted molar refractivity (Wildman–Crippen MR) is 57.4 cm³/mol. The van der Waals surface area contributed by atoms with Crippen LogP contribution in [-0.2, 0) is 9.59 Å². The number of nitrogens with two attached hydrogens (primary N) is 1. The molecule has 0 aliphatic rings. The van der Waals surface area contributed by atoms with Crippen molar-refractivity contribution in [2.24, 2.45) is 5.73 Å². The van der Waals surface area contributed by atoms with Crippen LogP contribution in [0.15, 0.2) is 0 Å². The molecule has 0 heterocycles. The summed E-state index contributed by atoms with van der Waals surface area (Å²) < 4.78 is 42.3. The van der Waals surface area contributed by atoms with Gasteiger partial charge in [-0.25, -0.2) is 0 Å². The molecule has 0 saturated carbocycles. The van der Waals surface area contributed by atoms with E-state index in [1.165, 1.54) is 0 Å². The van der Waals surface area contributed by atoms with Crippen molar-refractivity contribution in [3.05, 3.63) is 0 Å². The third-order valence-corrected chi connectivity index (χ3v) is 2.49. The monoisotopic (exact) mass is 225 g/mol. The van der Waals surface area contributed by atoms with Gasteiger partial charge in [-0.3, -0.25) is 9.59 Å². The fourth-order valence-electron chi connectivity index (χ4n) is 0.705. The number of carboxylic acids is 1. The molecule has 0 aliphatic heterocycles. The molecule has 0 amide bonds. The molecule has 0 aliphatic carbocycles. The van der Waals surface area contributed by atoms with E-state index in [2.05, 4.69) is 0 Å². The number of hydrogen-bond donors (Lipinski definition) is 2. The molecule has 5 heteroatoms. The van der Waals surface area contributed by atoms with E-state index in [9.17, 15) is 9.59 Å². The lowest BCUT2D eigenvalue weighted by molar-refractivity contribution is -0.137. The number of ketones is 1. The molecule has 82 valence electrons. The molecule has 3 N–H and O–H groups in total. The van der Waals surface area contributed by atoms with Crippen molar-refractivity contribution in [1.82, 2.24) is 0 Å². The molecule has 0 aromatic rings. The maximum absolute atomic E-state index is 11.3. The molecule has 1 atom stereocenters. The average molecular weight is 225 g/mol. The van der Waals surface area contributed by atoms with Gasteiger partial charge in [0.05, 0.1) is 0 Å². The standard InChI is InChI=1S/C9H17NO3S/c1-6(11)4-9(2,3)14-5-7(10)8(12)13/h7H,4-5,10H2,1-3H3,(H,12,13)/t7-/m0/s1/i2D3,3D3. The SMILES string of the molecule is [2H]C([2H])([2H])C(CC(C)=O)(SC[C@H](N)C(=O)O)C([2H])([2H])[2H]. The Kier molecular flexibility index (Phi) is 2.34. The number of carboxylic acid groups (broad SMARTS) is 1. The summed E-state index contributed by atoms with van der Waals surface area (Å²) in [5.74, 6) is -2.39. The zero-order valence-corrected chi connectivity index (χ0v) is 8.56. The summed E-state index contributed by atoms with van der Waals surface area (Å²) in [7, 11) is 0. The van der Waals surface area contributed by atoms with Crippen LogP contribution in [0.2, 0.25) is 0 Å². The second kappa shape index (κ2) is 5.36. The van der Waals surface area contributed by atoms with E-state index in [-0.39, 0.29) is 0 Å². The Bertz CT molecular complexity index is 367. The van der Waals surface area contributed by atoms with Gasteiger partial charge in [0.25, 0.3) is 0 Å². The van der Waals surface area contributed by atoms with Crippen LogP contribution in [0, 0.1) is 0 Å². The second-order valence-corrected chi connectivity index (χ2v) is 4.28. The lowest BCUT2D eigenvalue weighted by Gasteiger charge is -2.23. The van der Waals surface area contributed by atoms with E-state index in [1.807, 2.05) is 0 Å². The Hall–Kier alpha value is -0.550. The van der Waals surface area contributed by atoms with Crippen LogP contribution >= 0.6 is 11.8 Å². The predicted octanol–water partition coefficient (Wildman–Crippen LogP) is 0.889. The van der Waals surface area contributed by atoms with Gasteiger partial charge in [0.2, 0.25) is 0 Å². The van der Waals surface area contributed by atoms with E-state index in [4.69, 9.17) is 19.1 Å². The highest BCUT2D eigenvalue weighted by Crippen LogP contribution is 2.28. The quantitative estimate of drug-likeness (QED) is 0.701. The van der Waals surface area contributed by atoms with Crippen LogP contribution in [-0.4, -0.2) is 33.4 Å². The van der Waals surface area contributed by atoms with E-state index >= 15 is 0 Å². The van der Waals surface area contributed by atoms with Crippen molar-refractivity contribution in [2.75, 3.05) is 5.75 Å². The summed E-state index contributed by atoms with van der Waals surface area (Å²) >= 11 is 0.396. The minimum absolute atomic E-state index is 0.396. The third-order valence-electron chi connectivity index (χ3n) is 1.32. The van der Waals surface area contributed by atoms with Crippen molar-refractivity contribution < 1.29 is 22.9 Å². The van der Waals surface area contributed by atoms with Crippen LogP contribution in [0.5, 0.6) is 0 Å². The maximum atomic E-state index is 11.3. The van der Waals surface area contributed by atoms with Crippen LogP contribution < -0.4 is 5.73 Å². The third kappa shape index (κ3) is 5.99. The lowest BCUT2D eigenvalue weighted by Crippen LogP contribution is -2.34. The van der Waals surface area contributed by atoms with Gasteiger partial charge in [0.15, 0.2) is 0 Å². The van der Waals surface area contributed by atoms with Crippen molar-refractivity contribution in [3.8, 4) is 0 Å². The Balaban J connectivity index is 5.53. The fraction of sp³-hybridized carbons (Fsp3) is 0.778. The minimum Gasteiger partial charge on any atom is -0.480 e. The summed E-state index contributed by atoms with van der Waals surface area (Å²) in [6.45, 7) is -4.84. The second-order valence-electron chi connectivity index (χ2n) is 2.96. The molecule has 0 spiro atoms. The molecule has 0 aromatic carbocycles. The average Bonchev–Trinajstić information content (AvgIpc) is 2.19. The molecule has 0 radical (unpaired) electrons. The minimum atomic E-state index is -2.97. The molecule has 0 bridgehead atoms. The zero-order valence-electron chi connectivity index (χ0n) is 13.7. The van der Waals surface area contributed by atoms with E-state index in [1.54, 1.807) is 0 Å². The van der Waals surface area contributed by atoms with Crippen molar-refractivity contribution >= 4 is 23.5 Å². The smallest absolute Gasteiger partial charge is 0.321 e. The number of hydrogen-bond acceptors (Lipinski definition) is 4. The van der Waals surface area contributed by atoms with Gasteiger partial charge >= 0.3 is 5.97 Å². The first kappa shape index (κ1) is 6.12. The van der Waals surface area contributed by atoms with Gasteiger partial charge in [0, 0.05) is 25.1 Å². The number of thioether (sulfide) groups is 1. The summed E-state index contributed by atoms with van der Waals surface area (Å²) in [6, 6.07) is -1.41. The van der Waals surface area contributed by atoms with Gasteiger partial charge in [-0.15, -0.1) is 0 Å². The maximum Gasteiger partial charge on any atom is 0.321 e. The number of carbonyl (C=O) groups excluding carboxylic acids is 1. The fourth-order valence-corrected chi connectivity index (χ4v) is 1.62. The van der Waals surface area contributed by atoms with Gasteiger partial charge in [0.1, 0.15) is 11.8 Å². The van der Waals surface area contributed by atoms with Crippen LogP contribution in [0.1, 0.15) is 35.3 Å². The van der Waals surface area contributed by atoms with Gasteiger partial charge in [-0.1, -0.05) is 13.7 Å². The van der Waals surface area contributed by atoms with Crippen molar-refractivity contribution in [1.29, 1.82) is 0 Å². The summed E-state index contributed by atoms with van der Waals surface area (Å²) in [5.41, 5.74) is 5.27. The van der Waals surface area contributed by atoms with Gasteiger partial charge in [-0.05, 0) is 6.92 Å². The highest BCUT2D eigenvalue weighted by molar-refractivity contribution is 8.00. The normalized spacial score (nSPS) is 21.9. The highest BCUT2D eigenvalue weighted by Gasteiger charge is 2.23. The molecule has 4 nitrogen and oxygen atoms in total. The van der Waals surface area contributed by atoms with E-state index in [0.717, 1.165) is 6.92 Å². The van der Waals surface area contributed by atoms with Crippen molar-refractivity contribution in [2.45, 2.75) is 37.8 Å². The number of Topliss-reactive ketones (excluding diaryl/α,β-unsaturated/α-hetero) is 1. The zero-order chi connectivity index (χ0) is 16.4. The molecular weight excluding hydrogens is 202 g/mol. The molecule has 0 aromatic heterocycles. The summed E-state index contributed by atoms with van der Waals surface area (Å²) in [6.07, 6.45) is -0.711. The van der Waals surface area contributed by atoms with Gasteiger partial charge < -0.3 is 10.8 Å². The number of rotatable bonds is 6. The largest absolute Gasteiger partial charge is 0.480 e. The first-order chi connectivity index (χ1) is 8.74. The van der Waals surface area contributed by atoms with Crippen molar-refractivity contribution in [3.63, 3.8) is 0 Å². The Labute approximate surface area is 96.7 Å². The van der Waals surface area contributed by atoms with Crippen LogP contribution in [0.25, 0.3) is 0 Å². The topological polar surface area (TPSA) is 80.4 Å². The summed E-state index contributed by atoms with van der Waals surface area (Å²) in [5, 5.41) is 8.68. The molecular formula is C9H17NO3S. The Morgan fingerprint density at radius 1 is 1.64 bits per heavy atom. The molecule has 0 saturated heterocycles.